The largest absolute Gasteiger partial charge is 0.423 e. The molecule has 1 aromatic carbocycles. The number of nitrogen functional groups attached to an aromatic ring is 1. The Morgan fingerprint density at radius 3 is 2.56 bits per heavy atom. The van der Waals surface area contributed by atoms with Crippen LogP contribution in [0.25, 0.3) is 11.1 Å². The van der Waals surface area contributed by atoms with Crippen molar-refractivity contribution in [2.45, 2.75) is 25.1 Å². The molecule has 0 radical (unpaired) electrons. The van der Waals surface area contributed by atoms with E-state index in [9.17, 15) is 0 Å². The van der Waals surface area contributed by atoms with Crippen molar-refractivity contribution in [1.82, 2.24) is 19.8 Å². The zero-order valence-electron chi connectivity index (χ0n) is 18.2. The molecule has 0 saturated carbocycles. The molecule has 2 aliphatic heterocycles. The molecule has 4 heterocycles. The van der Waals surface area contributed by atoms with Gasteiger partial charge in [0.2, 0.25) is 0 Å². The van der Waals surface area contributed by atoms with E-state index in [-0.39, 0.29) is 0 Å². The minimum Gasteiger partial charge on any atom is -0.423 e. The lowest BCUT2D eigenvalue weighted by atomic mass is 9.89. The van der Waals surface area contributed by atoms with E-state index < -0.39 is 5.67 Å². The number of rotatable bonds is 5. The maximum Gasteiger partial charge on any atom is 0.298 e. The number of benzene rings is 1. The topological polar surface area (TPSA) is 74.7 Å². The van der Waals surface area contributed by atoms with Gasteiger partial charge in [-0.3, -0.25) is 4.90 Å². The summed E-state index contributed by atoms with van der Waals surface area (Å²) in [5.41, 5.74) is 7.79. The summed E-state index contributed by atoms with van der Waals surface area (Å²) in [5, 5.41) is 0. The fourth-order valence-corrected chi connectivity index (χ4v) is 4.65. The number of likely N-dealkylation sites (tertiary alicyclic amines) is 1. The predicted molar refractivity (Wildman–Crippen MR) is 124 cm³/mol. The number of halogens is 1. The molecule has 0 atom stereocenters. The zero-order chi connectivity index (χ0) is 22.1. The highest BCUT2D eigenvalue weighted by Crippen LogP contribution is 2.36. The third kappa shape index (κ3) is 4.14. The molecule has 8 heteroatoms. The number of fused-ring (bicyclic) bond motifs is 1. The number of nitrogens with two attached hydrogens (primary N) is 1. The summed E-state index contributed by atoms with van der Waals surface area (Å²) >= 11 is 0. The lowest BCUT2D eigenvalue weighted by Crippen LogP contribution is -2.51. The van der Waals surface area contributed by atoms with Gasteiger partial charge in [-0.25, -0.2) is 9.37 Å². The second-order valence-corrected chi connectivity index (χ2v) is 8.72. The molecule has 2 saturated heterocycles. The van der Waals surface area contributed by atoms with Gasteiger partial charge in [-0.1, -0.05) is 18.7 Å². The van der Waals surface area contributed by atoms with Gasteiger partial charge in [0.05, 0.1) is 0 Å². The van der Waals surface area contributed by atoms with Crippen molar-refractivity contribution in [1.29, 1.82) is 0 Å². The van der Waals surface area contributed by atoms with Crippen LogP contribution in [0, 0.1) is 0 Å². The number of oxazole rings is 1. The summed E-state index contributed by atoms with van der Waals surface area (Å²) in [4.78, 5) is 15.1. The van der Waals surface area contributed by atoms with E-state index in [1.165, 1.54) is 0 Å². The van der Waals surface area contributed by atoms with Gasteiger partial charge in [-0.05, 0) is 42.7 Å². The van der Waals surface area contributed by atoms with Crippen LogP contribution >= 0.6 is 0 Å². The summed E-state index contributed by atoms with van der Waals surface area (Å²) in [7, 11) is 0. The van der Waals surface area contributed by atoms with Gasteiger partial charge in [0.25, 0.3) is 6.01 Å². The van der Waals surface area contributed by atoms with Gasteiger partial charge in [0, 0.05) is 57.7 Å². The van der Waals surface area contributed by atoms with Crippen molar-refractivity contribution in [2.75, 3.05) is 49.9 Å². The van der Waals surface area contributed by atoms with Crippen LogP contribution in [0.3, 0.4) is 0 Å². The number of piperazine rings is 1. The average molecular weight is 437 g/mol. The molecule has 0 bridgehead atoms. The summed E-state index contributed by atoms with van der Waals surface area (Å²) in [5.74, 6) is 0.518. The molecule has 2 aromatic heterocycles. The van der Waals surface area contributed by atoms with E-state index in [1.54, 1.807) is 6.20 Å². The summed E-state index contributed by atoms with van der Waals surface area (Å²) in [6.07, 6.45) is 2.63. The molecule has 2 aliphatic rings. The predicted octanol–water partition coefficient (Wildman–Crippen LogP) is 3.45. The van der Waals surface area contributed by atoms with E-state index in [0.29, 0.717) is 56.6 Å². The van der Waals surface area contributed by atoms with Gasteiger partial charge in [-0.15, -0.1) is 0 Å². The molecular formula is C24H29FN6O. The molecule has 2 N–H and O–H groups in total. The van der Waals surface area contributed by atoms with E-state index >= 15 is 4.39 Å². The van der Waals surface area contributed by atoms with E-state index in [2.05, 4.69) is 31.2 Å². The second kappa shape index (κ2) is 8.43. The normalized spacial score (nSPS) is 19.4. The first-order valence-electron chi connectivity index (χ1n) is 11.2. The minimum atomic E-state index is -1.35. The maximum atomic E-state index is 15.8. The molecule has 3 aromatic rings. The molecule has 2 fully saturated rings. The van der Waals surface area contributed by atoms with Crippen molar-refractivity contribution in [2.24, 2.45) is 0 Å². The number of allylic oxidation sites excluding steroid dienone is 1. The SMILES string of the molecule is C=C(N1CCN(c2nc3ccccc3o2)CC1)C1(F)CCN(Cc2ccnc(N)c2)CC1. The number of para-hydroxylation sites is 2. The Labute approximate surface area is 187 Å². The quantitative estimate of drug-likeness (QED) is 0.657. The Bertz CT molecular complexity index is 1070. The number of pyridine rings is 1. The van der Waals surface area contributed by atoms with Gasteiger partial charge < -0.3 is 20.0 Å². The standard InChI is InChI=1S/C24H29FN6O/c1-18(24(25)7-10-29(11-8-24)17-19-6-9-27-22(26)16-19)30-12-14-31(15-13-30)23-28-20-4-2-3-5-21(20)32-23/h2-6,9,16H,1,7-8,10-15,17H2,(H2,26,27). The van der Waals surface area contributed by atoms with Crippen molar-refractivity contribution < 1.29 is 8.81 Å². The van der Waals surface area contributed by atoms with E-state index in [4.69, 9.17) is 10.2 Å². The molecule has 168 valence electrons. The Morgan fingerprint density at radius 2 is 1.84 bits per heavy atom. The number of nitrogens with zero attached hydrogens (tertiary/aromatic N) is 5. The second-order valence-electron chi connectivity index (χ2n) is 8.72. The van der Waals surface area contributed by atoms with Gasteiger partial charge >= 0.3 is 0 Å². The van der Waals surface area contributed by atoms with E-state index in [0.717, 1.165) is 36.3 Å². The first kappa shape index (κ1) is 20.8. The maximum absolute atomic E-state index is 15.8. The number of aromatic nitrogens is 2. The van der Waals surface area contributed by atoms with Crippen LogP contribution in [0.2, 0.25) is 0 Å². The molecule has 7 nitrogen and oxygen atoms in total. The van der Waals surface area contributed by atoms with Crippen LogP contribution in [-0.2, 0) is 6.54 Å². The highest BCUT2D eigenvalue weighted by molar-refractivity contribution is 5.74. The first-order valence-corrected chi connectivity index (χ1v) is 11.2. The van der Waals surface area contributed by atoms with Crippen LogP contribution in [0.1, 0.15) is 18.4 Å². The summed E-state index contributed by atoms with van der Waals surface area (Å²) < 4.78 is 21.7. The van der Waals surface area contributed by atoms with Crippen molar-refractivity contribution in [3.8, 4) is 0 Å². The Balaban J connectivity index is 1.15. The lowest BCUT2D eigenvalue weighted by molar-refractivity contribution is 0.0575. The molecule has 0 spiro atoms. The van der Waals surface area contributed by atoms with Crippen LogP contribution in [0.4, 0.5) is 16.2 Å². The third-order valence-corrected chi connectivity index (χ3v) is 6.63. The summed E-state index contributed by atoms with van der Waals surface area (Å²) in [6, 6.07) is 12.2. The smallest absolute Gasteiger partial charge is 0.298 e. The van der Waals surface area contributed by atoms with Crippen LogP contribution in [0.5, 0.6) is 0 Å². The van der Waals surface area contributed by atoms with Gasteiger partial charge in [0.15, 0.2) is 11.3 Å². The average Bonchev–Trinajstić information content (AvgIpc) is 3.25. The third-order valence-electron chi connectivity index (χ3n) is 6.63. The fraction of sp³-hybridized carbons (Fsp3) is 0.417. The number of alkyl halides is 1. The summed E-state index contributed by atoms with van der Waals surface area (Å²) in [6.45, 7) is 9.22. The van der Waals surface area contributed by atoms with E-state index in [1.807, 2.05) is 36.4 Å². The van der Waals surface area contributed by atoms with Gasteiger partial charge in [0.1, 0.15) is 11.3 Å². The molecule has 0 aliphatic carbocycles. The Kier molecular flexibility index (Phi) is 5.46. The number of hydrogen-bond acceptors (Lipinski definition) is 7. The number of anilines is 2. The van der Waals surface area contributed by atoms with Crippen molar-refractivity contribution >= 4 is 22.9 Å². The van der Waals surface area contributed by atoms with Crippen molar-refractivity contribution in [3.05, 3.63) is 60.4 Å². The molecule has 0 amide bonds. The van der Waals surface area contributed by atoms with Crippen LogP contribution in [0.15, 0.2) is 59.3 Å². The van der Waals surface area contributed by atoms with Crippen LogP contribution < -0.4 is 10.6 Å². The van der Waals surface area contributed by atoms with Gasteiger partial charge in [-0.2, -0.15) is 4.98 Å². The van der Waals surface area contributed by atoms with Crippen molar-refractivity contribution in [3.63, 3.8) is 0 Å². The highest BCUT2D eigenvalue weighted by atomic mass is 19.1. The Hall–Kier alpha value is -3.13. The molecular weight excluding hydrogens is 407 g/mol. The molecule has 5 rings (SSSR count). The monoisotopic (exact) mass is 436 g/mol. The number of piperidine rings is 1. The minimum absolute atomic E-state index is 0.456. The Morgan fingerprint density at radius 1 is 1.09 bits per heavy atom. The molecule has 0 unspecified atom stereocenters. The molecule has 32 heavy (non-hydrogen) atoms. The fourth-order valence-electron chi connectivity index (χ4n) is 4.65. The highest BCUT2D eigenvalue weighted by Gasteiger charge is 2.40. The first-order chi connectivity index (χ1) is 15.5. The number of hydrogen-bond donors (Lipinski definition) is 1. The lowest BCUT2D eigenvalue weighted by Gasteiger charge is -2.44. The van der Waals surface area contributed by atoms with Crippen LogP contribution in [-0.4, -0.2) is 64.7 Å². The zero-order valence-corrected chi connectivity index (χ0v) is 18.2.